The van der Waals surface area contributed by atoms with E-state index >= 15 is 0 Å². The fourth-order valence-electron chi connectivity index (χ4n) is 0.566. The van der Waals surface area contributed by atoms with Crippen molar-refractivity contribution in [3.05, 3.63) is 36.0 Å². The molecule has 0 N–H and O–H groups in total. The van der Waals surface area contributed by atoms with E-state index in [0.717, 1.165) is 5.57 Å². The van der Waals surface area contributed by atoms with Gasteiger partial charge in [-0.25, -0.2) is 0 Å². The standard InChI is InChI=1S/C7H5N/c1-6-3-2-4-7(6)5-8/h2-4H,1H2. The molecule has 1 aliphatic carbocycles. The molecule has 0 atom stereocenters. The summed E-state index contributed by atoms with van der Waals surface area (Å²) in [5, 5.41) is 8.32. The maximum Gasteiger partial charge on any atom is 0.0997 e. The van der Waals surface area contributed by atoms with Crippen molar-refractivity contribution in [2.24, 2.45) is 0 Å². The van der Waals surface area contributed by atoms with Crippen LogP contribution in [-0.4, -0.2) is 0 Å². The van der Waals surface area contributed by atoms with E-state index in [4.69, 9.17) is 5.26 Å². The van der Waals surface area contributed by atoms with Crippen LogP contribution in [-0.2, 0) is 0 Å². The zero-order chi connectivity index (χ0) is 5.98. The third kappa shape index (κ3) is 0.565. The minimum atomic E-state index is 0.671. The van der Waals surface area contributed by atoms with Crippen LogP contribution in [0.25, 0.3) is 0 Å². The maximum atomic E-state index is 8.32. The molecule has 1 aliphatic rings. The van der Waals surface area contributed by atoms with Crippen LogP contribution >= 0.6 is 0 Å². The van der Waals surface area contributed by atoms with Crippen molar-refractivity contribution in [2.75, 3.05) is 0 Å². The maximum absolute atomic E-state index is 8.32. The minimum absolute atomic E-state index is 0.671. The quantitative estimate of drug-likeness (QED) is 0.456. The Hall–Kier alpha value is -1.29. The van der Waals surface area contributed by atoms with Gasteiger partial charge in [-0.3, -0.25) is 0 Å². The number of rotatable bonds is 0. The molecule has 1 rings (SSSR count). The average Bonchev–Trinajstić information content (AvgIpc) is 2.14. The summed E-state index contributed by atoms with van der Waals surface area (Å²) < 4.78 is 0. The van der Waals surface area contributed by atoms with Gasteiger partial charge in [-0.15, -0.1) is 0 Å². The molecular weight excluding hydrogens is 98.1 g/mol. The lowest BCUT2D eigenvalue weighted by Crippen LogP contribution is -1.71. The highest BCUT2D eigenvalue weighted by Crippen LogP contribution is 2.13. The molecular formula is C7H5N. The van der Waals surface area contributed by atoms with Crippen molar-refractivity contribution >= 4 is 0 Å². The van der Waals surface area contributed by atoms with Gasteiger partial charge < -0.3 is 0 Å². The van der Waals surface area contributed by atoms with Gasteiger partial charge in [0.1, 0.15) is 0 Å². The summed E-state index contributed by atoms with van der Waals surface area (Å²) in [6, 6.07) is 2.01. The molecule has 1 heteroatoms. The van der Waals surface area contributed by atoms with E-state index < -0.39 is 0 Å². The van der Waals surface area contributed by atoms with Gasteiger partial charge in [-0.1, -0.05) is 18.7 Å². The number of hydrogen-bond donors (Lipinski definition) is 0. The first kappa shape index (κ1) is 4.86. The predicted octanol–water partition coefficient (Wildman–Crippen LogP) is 1.56. The van der Waals surface area contributed by atoms with Crippen molar-refractivity contribution in [3.8, 4) is 6.07 Å². The van der Waals surface area contributed by atoms with Crippen LogP contribution in [0.5, 0.6) is 0 Å². The molecule has 1 nitrogen and oxygen atoms in total. The van der Waals surface area contributed by atoms with E-state index in [1.807, 2.05) is 18.2 Å². The Kier molecular flexibility index (Phi) is 1.01. The fourth-order valence-corrected chi connectivity index (χ4v) is 0.566. The predicted molar refractivity (Wildman–Crippen MR) is 32.0 cm³/mol. The van der Waals surface area contributed by atoms with Crippen molar-refractivity contribution in [1.29, 1.82) is 5.26 Å². The summed E-state index contributed by atoms with van der Waals surface area (Å²) in [4.78, 5) is 0. The van der Waals surface area contributed by atoms with Crippen LogP contribution in [0.15, 0.2) is 36.0 Å². The molecule has 0 spiro atoms. The topological polar surface area (TPSA) is 23.8 Å². The minimum Gasteiger partial charge on any atom is -0.192 e. The Bertz CT molecular complexity index is 213. The van der Waals surface area contributed by atoms with E-state index in [2.05, 4.69) is 6.58 Å². The van der Waals surface area contributed by atoms with Crippen LogP contribution in [0.2, 0.25) is 0 Å². The van der Waals surface area contributed by atoms with E-state index in [1.54, 1.807) is 6.08 Å². The third-order valence-corrected chi connectivity index (χ3v) is 1.03. The fraction of sp³-hybridized carbons (Fsp3) is 0. The zero-order valence-corrected chi connectivity index (χ0v) is 4.39. The molecule has 0 bridgehead atoms. The van der Waals surface area contributed by atoms with Crippen LogP contribution in [0.1, 0.15) is 0 Å². The molecule has 0 amide bonds. The molecule has 0 aromatic carbocycles. The molecule has 38 valence electrons. The van der Waals surface area contributed by atoms with Gasteiger partial charge in [0.2, 0.25) is 0 Å². The van der Waals surface area contributed by atoms with E-state index in [1.165, 1.54) is 0 Å². The van der Waals surface area contributed by atoms with Gasteiger partial charge in [0, 0.05) is 0 Å². The van der Waals surface area contributed by atoms with Gasteiger partial charge in [-0.2, -0.15) is 5.26 Å². The Morgan fingerprint density at radius 2 is 2.38 bits per heavy atom. The summed E-state index contributed by atoms with van der Waals surface area (Å²) in [6.07, 6.45) is 5.39. The second kappa shape index (κ2) is 1.67. The van der Waals surface area contributed by atoms with Gasteiger partial charge in [-0.05, 0) is 11.6 Å². The molecule has 0 radical (unpaired) electrons. The largest absolute Gasteiger partial charge is 0.192 e. The van der Waals surface area contributed by atoms with Crippen molar-refractivity contribution in [2.45, 2.75) is 0 Å². The van der Waals surface area contributed by atoms with Gasteiger partial charge >= 0.3 is 0 Å². The summed E-state index contributed by atoms with van der Waals surface area (Å²) in [5.74, 6) is 0. The van der Waals surface area contributed by atoms with E-state index in [0.29, 0.717) is 5.57 Å². The lowest BCUT2D eigenvalue weighted by Gasteiger charge is -1.83. The summed E-state index contributed by atoms with van der Waals surface area (Å²) in [5.41, 5.74) is 1.48. The molecule has 0 unspecified atom stereocenters. The van der Waals surface area contributed by atoms with Crippen molar-refractivity contribution in [3.63, 3.8) is 0 Å². The second-order valence-electron chi connectivity index (χ2n) is 1.58. The molecule has 8 heavy (non-hydrogen) atoms. The summed E-state index contributed by atoms with van der Waals surface area (Å²) in [6.45, 7) is 3.63. The lowest BCUT2D eigenvalue weighted by molar-refractivity contribution is 1.49. The number of nitriles is 1. The molecule has 0 heterocycles. The Labute approximate surface area is 48.2 Å². The first-order valence-electron chi connectivity index (χ1n) is 2.32. The molecule has 0 fully saturated rings. The van der Waals surface area contributed by atoms with E-state index in [-0.39, 0.29) is 0 Å². The molecule has 0 aliphatic heterocycles. The van der Waals surface area contributed by atoms with Crippen LogP contribution in [0, 0.1) is 11.3 Å². The molecule has 0 aromatic rings. The molecule has 0 aromatic heterocycles. The molecule has 0 saturated carbocycles. The number of allylic oxidation sites excluding steroid dienone is 5. The third-order valence-electron chi connectivity index (χ3n) is 1.03. The van der Waals surface area contributed by atoms with Crippen molar-refractivity contribution < 1.29 is 0 Å². The Morgan fingerprint density at radius 3 is 2.62 bits per heavy atom. The average molecular weight is 103 g/mol. The van der Waals surface area contributed by atoms with Gasteiger partial charge in [0.15, 0.2) is 0 Å². The number of nitrogens with zero attached hydrogens (tertiary/aromatic N) is 1. The van der Waals surface area contributed by atoms with Crippen LogP contribution in [0.3, 0.4) is 0 Å². The highest BCUT2D eigenvalue weighted by molar-refractivity contribution is 5.53. The highest BCUT2D eigenvalue weighted by Gasteiger charge is 1.99. The molecule has 0 saturated heterocycles. The van der Waals surface area contributed by atoms with Gasteiger partial charge in [0.05, 0.1) is 11.6 Å². The summed E-state index contributed by atoms with van der Waals surface area (Å²) >= 11 is 0. The van der Waals surface area contributed by atoms with Crippen LogP contribution in [0.4, 0.5) is 0 Å². The Morgan fingerprint density at radius 1 is 1.62 bits per heavy atom. The normalized spacial score (nSPS) is 15.9. The second-order valence-corrected chi connectivity index (χ2v) is 1.58. The highest BCUT2D eigenvalue weighted by atomic mass is 14.2. The van der Waals surface area contributed by atoms with E-state index in [9.17, 15) is 0 Å². The van der Waals surface area contributed by atoms with Gasteiger partial charge in [0.25, 0.3) is 0 Å². The zero-order valence-electron chi connectivity index (χ0n) is 4.39. The Balaban J connectivity index is 2.93. The van der Waals surface area contributed by atoms with Crippen LogP contribution < -0.4 is 0 Å². The van der Waals surface area contributed by atoms with Crippen molar-refractivity contribution in [1.82, 2.24) is 0 Å². The smallest absolute Gasteiger partial charge is 0.0997 e. The SMILES string of the molecule is C=C1C=CC=C1C#N. The monoisotopic (exact) mass is 103 g/mol. The first-order valence-corrected chi connectivity index (χ1v) is 2.32. The first-order chi connectivity index (χ1) is 3.84. The number of hydrogen-bond acceptors (Lipinski definition) is 1. The lowest BCUT2D eigenvalue weighted by atomic mass is 10.2. The summed E-state index contributed by atoms with van der Waals surface area (Å²) in [7, 11) is 0.